The van der Waals surface area contributed by atoms with E-state index in [1.807, 2.05) is 19.9 Å². The number of nitrogens with zero attached hydrogens (tertiary/aromatic N) is 1. The fourth-order valence-corrected chi connectivity index (χ4v) is 3.25. The average Bonchev–Trinajstić information content (AvgIpc) is 2.71. The van der Waals surface area contributed by atoms with Gasteiger partial charge in [-0.25, -0.2) is 4.79 Å². The van der Waals surface area contributed by atoms with Crippen molar-refractivity contribution in [3.05, 3.63) is 35.9 Å². The molecule has 0 saturated carbocycles. The molecule has 9 nitrogen and oxygen atoms in total. The minimum Gasteiger partial charge on any atom is -0.444 e. The molecule has 0 fully saturated rings. The smallest absolute Gasteiger partial charge is 0.408 e. The molecule has 0 aliphatic rings. The van der Waals surface area contributed by atoms with Gasteiger partial charge in [0.05, 0.1) is 6.42 Å². The Kier molecular flexibility index (Phi) is 11.4. The van der Waals surface area contributed by atoms with Gasteiger partial charge >= 0.3 is 6.09 Å². The van der Waals surface area contributed by atoms with Crippen molar-refractivity contribution in [1.82, 2.24) is 15.5 Å². The second-order valence-electron chi connectivity index (χ2n) is 8.86. The zero-order valence-electron chi connectivity index (χ0n) is 20.3. The highest BCUT2D eigenvalue weighted by Gasteiger charge is 2.36. The zero-order chi connectivity index (χ0) is 25.0. The number of ether oxygens (including phenoxy) is 1. The number of benzene rings is 1. The van der Waals surface area contributed by atoms with Crippen LogP contribution >= 0.6 is 0 Å². The van der Waals surface area contributed by atoms with Crippen LogP contribution in [-0.4, -0.2) is 53.4 Å². The highest BCUT2D eigenvalue weighted by atomic mass is 16.6. The lowest BCUT2D eigenvalue weighted by Crippen LogP contribution is -2.54. The van der Waals surface area contributed by atoms with Crippen LogP contribution in [0.25, 0.3) is 0 Å². The molecule has 0 radical (unpaired) electrons. The molecule has 0 aromatic heterocycles. The summed E-state index contributed by atoms with van der Waals surface area (Å²) in [5, 5.41) is 5.35. The van der Waals surface area contributed by atoms with Gasteiger partial charge < -0.3 is 26.0 Å². The van der Waals surface area contributed by atoms with Gasteiger partial charge in [-0.3, -0.25) is 14.4 Å². The van der Waals surface area contributed by atoms with Gasteiger partial charge in [0.1, 0.15) is 17.7 Å². The van der Waals surface area contributed by atoms with E-state index in [4.69, 9.17) is 10.5 Å². The van der Waals surface area contributed by atoms with E-state index in [-0.39, 0.29) is 12.5 Å². The van der Waals surface area contributed by atoms with Crippen LogP contribution in [0.5, 0.6) is 0 Å². The summed E-state index contributed by atoms with van der Waals surface area (Å²) >= 11 is 0. The summed E-state index contributed by atoms with van der Waals surface area (Å²) in [6.07, 6.45) is 1.01. The second kappa shape index (κ2) is 13.4. The van der Waals surface area contributed by atoms with Crippen molar-refractivity contribution < 1.29 is 23.9 Å². The van der Waals surface area contributed by atoms with Gasteiger partial charge in [-0.05, 0) is 39.2 Å². The van der Waals surface area contributed by atoms with Gasteiger partial charge in [-0.15, -0.1) is 0 Å². The van der Waals surface area contributed by atoms with Crippen LogP contribution in [0.2, 0.25) is 0 Å². The Morgan fingerprint density at radius 2 is 1.70 bits per heavy atom. The molecular weight excluding hydrogens is 424 g/mol. The predicted molar refractivity (Wildman–Crippen MR) is 126 cm³/mol. The van der Waals surface area contributed by atoms with Crippen molar-refractivity contribution in [1.29, 1.82) is 0 Å². The summed E-state index contributed by atoms with van der Waals surface area (Å²) in [7, 11) is 0. The number of unbranched alkanes of at least 4 members (excludes halogenated alkanes) is 1. The van der Waals surface area contributed by atoms with Crippen molar-refractivity contribution >= 4 is 23.8 Å². The Morgan fingerprint density at radius 1 is 1.06 bits per heavy atom. The van der Waals surface area contributed by atoms with E-state index in [9.17, 15) is 19.2 Å². The molecule has 4 N–H and O–H groups in total. The van der Waals surface area contributed by atoms with E-state index in [2.05, 4.69) is 10.6 Å². The Labute approximate surface area is 196 Å². The molecule has 4 amide bonds. The standard InChI is InChI=1S/C24H38N4O5/c1-6-8-14-26-21(30)20(17-12-10-9-11-13-17)28(15-7-2)22(31)18(16-19(25)29)27-23(32)33-24(3,4)5/h9-13,18,20H,6-8,14-16H2,1-5H3,(H2,25,29)(H,26,30)(H,27,32). The lowest BCUT2D eigenvalue weighted by Gasteiger charge is -2.34. The normalized spacial score (nSPS) is 12.9. The first-order chi connectivity index (χ1) is 15.5. The topological polar surface area (TPSA) is 131 Å². The third kappa shape index (κ3) is 9.93. The first kappa shape index (κ1) is 27.9. The van der Waals surface area contributed by atoms with Crippen molar-refractivity contribution in [3.8, 4) is 0 Å². The van der Waals surface area contributed by atoms with Gasteiger partial charge in [0.15, 0.2) is 0 Å². The summed E-state index contributed by atoms with van der Waals surface area (Å²) in [4.78, 5) is 52.2. The molecular formula is C24H38N4O5. The Bertz CT molecular complexity index is 792. The molecule has 2 unspecified atom stereocenters. The maximum Gasteiger partial charge on any atom is 0.408 e. The van der Waals surface area contributed by atoms with Gasteiger partial charge in [0, 0.05) is 13.1 Å². The maximum absolute atomic E-state index is 13.6. The minimum atomic E-state index is -1.27. The van der Waals surface area contributed by atoms with E-state index < -0.39 is 42.0 Å². The summed E-state index contributed by atoms with van der Waals surface area (Å²) in [6.45, 7) is 9.68. The largest absolute Gasteiger partial charge is 0.444 e. The molecule has 0 heterocycles. The summed E-state index contributed by atoms with van der Waals surface area (Å²) in [5.74, 6) is -1.67. The molecule has 0 saturated heterocycles. The SMILES string of the molecule is CCCCNC(=O)C(c1ccccc1)N(CCC)C(=O)C(CC(N)=O)NC(=O)OC(C)(C)C. The summed E-state index contributed by atoms with van der Waals surface area (Å²) in [5.41, 5.74) is 5.19. The number of primary amides is 1. The van der Waals surface area contributed by atoms with Crippen LogP contribution in [0, 0.1) is 0 Å². The van der Waals surface area contributed by atoms with Crippen molar-refractivity contribution in [3.63, 3.8) is 0 Å². The Balaban J connectivity index is 3.30. The monoisotopic (exact) mass is 462 g/mol. The molecule has 184 valence electrons. The fourth-order valence-electron chi connectivity index (χ4n) is 3.25. The molecule has 0 spiro atoms. The second-order valence-corrected chi connectivity index (χ2v) is 8.86. The number of nitrogens with two attached hydrogens (primary N) is 1. The Morgan fingerprint density at radius 3 is 2.21 bits per heavy atom. The van der Waals surface area contributed by atoms with Gasteiger partial charge in [-0.2, -0.15) is 0 Å². The summed E-state index contributed by atoms with van der Waals surface area (Å²) in [6, 6.07) is 6.74. The number of carbonyl (C=O) groups is 4. The van der Waals surface area contributed by atoms with Crippen molar-refractivity contribution in [2.24, 2.45) is 5.73 Å². The van der Waals surface area contributed by atoms with Crippen molar-refractivity contribution in [2.45, 2.75) is 78.0 Å². The molecule has 2 atom stereocenters. The third-order valence-electron chi connectivity index (χ3n) is 4.65. The molecule has 1 rings (SSSR count). The van der Waals surface area contributed by atoms with Crippen LogP contribution in [0.1, 0.15) is 71.9 Å². The van der Waals surface area contributed by atoms with Gasteiger partial charge in [0.2, 0.25) is 17.7 Å². The highest BCUT2D eigenvalue weighted by Crippen LogP contribution is 2.23. The maximum atomic E-state index is 13.6. The molecule has 9 heteroatoms. The third-order valence-corrected chi connectivity index (χ3v) is 4.65. The van der Waals surface area contributed by atoms with E-state index in [0.717, 1.165) is 12.8 Å². The van der Waals surface area contributed by atoms with Gasteiger partial charge in [-0.1, -0.05) is 50.6 Å². The number of amides is 4. The van der Waals surface area contributed by atoms with E-state index in [1.165, 1.54) is 4.90 Å². The number of hydrogen-bond donors (Lipinski definition) is 3. The average molecular weight is 463 g/mol. The number of hydrogen-bond acceptors (Lipinski definition) is 5. The number of nitrogens with one attached hydrogen (secondary N) is 2. The minimum absolute atomic E-state index is 0.241. The zero-order valence-corrected chi connectivity index (χ0v) is 20.3. The molecule has 0 aliphatic carbocycles. The van der Waals surface area contributed by atoms with Gasteiger partial charge in [0.25, 0.3) is 0 Å². The Hall–Kier alpha value is -3.10. The van der Waals surface area contributed by atoms with Crippen LogP contribution < -0.4 is 16.4 Å². The van der Waals surface area contributed by atoms with Crippen LogP contribution in [-0.2, 0) is 19.1 Å². The molecule has 1 aromatic rings. The molecule has 33 heavy (non-hydrogen) atoms. The van der Waals surface area contributed by atoms with E-state index in [0.29, 0.717) is 18.5 Å². The number of alkyl carbamates (subject to hydrolysis) is 1. The fraction of sp³-hybridized carbons (Fsp3) is 0.583. The summed E-state index contributed by atoms with van der Waals surface area (Å²) < 4.78 is 5.25. The molecule has 0 bridgehead atoms. The highest BCUT2D eigenvalue weighted by molar-refractivity contribution is 5.94. The van der Waals surface area contributed by atoms with E-state index in [1.54, 1.807) is 45.0 Å². The lowest BCUT2D eigenvalue weighted by atomic mass is 10.0. The number of rotatable bonds is 12. The first-order valence-corrected chi connectivity index (χ1v) is 11.4. The van der Waals surface area contributed by atoms with E-state index >= 15 is 0 Å². The molecule has 1 aromatic carbocycles. The predicted octanol–water partition coefficient (Wildman–Crippen LogP) is 2.65. The van der Waals surface area contributed by atoms with Crippen molar-refractivity contribution in [2.75, 3.05) is 13.1 Å². The lowest BCUT2D eigenvalue weighted by molar-refractivity contribution is -0.143. The molecule has 0 aliphatic heterocycles. The number of carbonyl (C=O) groups excluding carboxylic acids is 4. The van der Waals surface area contributed by atoms with Crippen LogP contribution in [0.15, 0.2) is 30.3 Å². The van der Waals surface area contributed by atoms with Crippen LogP contribution in [0.4, 0.5) is 4.79 Å². The van der Waals surface area contributed by atoms with Crippen LogP contribution in [0.3, 0.4) is 0 Å². The first-order valence-electron chi connectivity index (χ1n) is 11.4. The quantitative estimate of drug-likeness (QED) is 0.411.